The molecular formula is C16H18N6O5. The van der Waals surface area contributed by atoms with Gasteiger partial charge in [0.25, 0.3) is 5.56 Å². The van der Waals surface area contributed by atoms with Gasteiger partial charge in [-0.2, -0.15) is 0 Å². The van der Waals surface area contributed by atoms with Crippen molar-refractivity contribution in [3.63, 3.8) is 0 Å². The summed E-state index contributed by atoms with van der Waals surface area (Å²) < 4.78 is 12.3. The number of aromatic nitrogens is 2. The van der Waals surface area contributed by atoms with Gasteiger partial charge in [-0.25, -0.2) is 9.59 Å². The summed E-state index contributed by atoms with van der Waals surface area (Å²) in [6.45, 7) is -0.123. The molecule has 2 aliphatic rings. The van der Waals surface area contributed by atoms with Crippen molar-refractivity contribution in [2.45, 2.75) is 31.2 Å². The zero-order chi connectivity index (χ0) is 19.4. The average molecular weight is 374 g/mol. The van der Waals surface area contributed by atoms with E-state index >= 15 is 0 Å². The monoisotopic (exact) mass is 374 g/mol. The van der Waals surface area contributed by atoms with Crippen molar-refractivity contribution < 1.29 is 14.3 Å². The summed E-state index contributed by atoms with van der Waals surface area (Å²) in [4.78, 5) is 42.0. The highest BCUT2D eigenvalue weighted by Crippen LogP contribution is 2.30. The first-order chi connectivity index (χ1) is 13.0. The quantitative estimate of drug-likeness (QED) is 0.349. The van der Waals surface area contributed by atoms with Gasteiger partial charge in [-0.05, 0) is 11.7 Å². The maximum Gasteiger partial charge on any atom is 0.335 e. The Bertz CT molecular complexity index is 941. The Morgan fingerprint density at radius 1 is 1.52 bits per heavy atom. The molecule has 0 spiro atoms. The van der Waals surface area contributed by atoms with Gasteiger partial charge < -0.3 is 14.4 Å². The Balaban J connectivity index is 1.68. The Morgan fingerprint density at radius 3 is 3.04 bits per heavy atom. The third kappa shape index (κ3) is 4.27. The Morgan fingerprint density at radius 2 is 2.33 bits per heavy atom. The van der Waals surface area contributed by atoms with Crippen LogP contribution in [0.4, 0.5) is 0 Å². The molecule has 1 aromatic heterocycles. The molecule has 3 atom stereocenters. The molecule has 2 aliphatic heterocycles. The number of nitrogens with one attached hydrogen (secondary N) is 1. The highest BCUT2D eigenvalue weighted by atomic mass is 16.6. The van der Waals surface area contributed by atoms with E-state index in [2.05, 4.69) is 15.0 Å². The van der Waals surface area contributed by atoms with Gasteiger partial charge in [0, 0.05) is 43.3 Å². The summed E-state index contributed by atoms with van der Waals surface area (Å²) in [5, 5.41) is 3.67. The normalized spacial score (nSPS) is 24.3. The molecule has 0 aromatic carbocycles. The molecule has 0 bridgehead atoms. The molecule has 0 radical (unpaired) electrons. The average Bonchev–Trinajstić information content (AvgIpc) is 3.02. The fourth-order valence-corrected chi connectivity index (χ4v) is 2.95. The molecule has 3 unspecified atom stereocenters. The number of hydrogen-bond donors (Lipinski definition) is 1. The van der Waals surface area contributed by atoms with Gasteiger partial charge in [-0.1, -0.05) is 11.2 Å². The first-order valence-corrected chi connectivity index (χ1v) is 8.25. The lowest BCUT2D eigenvalue weighted by Gasteiger charge is -2.18. The van der Waals surface area contributed by atoms with E-state index in [1.165, 1.54) is 16.8 Å². The zero-order valence-electron chi connectivity index (χ0n) is 14.5. The van der Waals surface area contributed by atoms with E-state index in [1.807, 2.05) is 12.3 Å². The first-order valence-electron chi connectivity index (χ1n) is 8.25. The smallest absolute Gasteiger partial charge is 0.335 e. The lowest BCUT2D eigenvalue weighted by atomic mass is 10.1. The molecule has 3 heterocycles. The Kier molecular flexibility index (Phi) is 5.43. The molecular weight excluding hydrogens is 356 g/mol. The van der Waals surface area contributed by atoms with E-state index in [9.17, 15) is 14.4 Å². The van der Waals surface area contributed by atoms with Crippen molar-refractivity contribution >= 4 is 5.97 Å². The topological polar surface area (TPSA) is 142 Å². The van der Waals surface area contributed by atoms with Crippen molar-refractivity contribution in [2.24, 2.45) is 5.11 Å². The fourth-order valence-electron chi connectivity index (χ4n) is 2.95. The van der Waals surface area contributed by atoms with Crippen LogP contribution < -0.4 is 11.2 Å². The van der Waals surface area contributed by atoms with Crippen molar-refractivity contribution in [3.8, 4) is 0 Å². The number of azide groups is 1. The first kappa shape index (κ1) is 18.5. The predicted molar refractivity (Wildman–Crippen MR) is 93.3 cm³/mol. The molecule has 0 amide bonds. The second kappa shape index (κ2) is 7.94. The Labute approximate surface area is 153 Å². The molecule has 1 N–H and O–H groups in total. The summed E-state index contributed by atoms with van der Waals surface area (Å²) in [6.07, 6.45) is 5.89. The van der Waals surface area contributed by atoms with E-state index in [1.54, 1.807) is 18.1 Å². The van der Waals surface area contributed by atoms with Crippen LogP contribution in [-0.2, 0) is 14.3 Å². The van der Waals surface area contributed by atoms with Gasteiger partial charge in [0.2, 0.25) is 0 Å². The van der Waals surface area contributed by atoms with Gasteiger partial charge in [-0.15, -0.1) is 0 Å². The number of allylic oxidation sites excluding steroid dienone is 1. The summed E-state index contributed by atoms with van der Waals surface area (Å²) >= 11 is 0. The number of aromatic amines is 1. The van der Waals surface area contributed by atoms with E-state index in [0.717, 1.165) is 0 Å². The maximum atomic E-state index is 12.2. The lowest BCUT2D eigenvalue weighted by Crippen LogP contribution is -2.32. The summed E-state index contributed by atoms with van der Waals surface area (Å²) in [7, 11) is 1.80. The van der Waals surface area contributed by atoms with Gasteiger partial charge in [-0.3, -0.25) is 14.3 Å². The van der Waals surface area contributed by atoms with Gasteiger partial charge >= 0.3 is 11.7 Å². The third-order valence-corrected chi connectivity index (χ3v) is 4.24. The fraction of sp³-hybridized carbons (Fsp3) is 0.438. The molecule has 27 heavy (non-hydrogen) atoms. The predicted octanol–water partition coefficient (Wildman–Crippen LogP) is 0.779. The van der Waals surface area contributed by atoms with Crippen LogP contribution in [0.15, 0.2) is 51.0 Å². The van der Waals surface area contributed by atoms with Gasteiger partial charge in [0.1, 0.15) is 18.9 Å². The minimum atomic E-state index is -0.739. The number of esters is 1. The Hall–Kier alpha value is -3.30. The number of rotatable bonds is 5. The minimum Gasteiger partial charge on any atom is -0.460 e. The highest BCUT2D eigenvalue weighted by molar-refractivity contribution is 5.88. The number of H-pyrrole nitrogens is 1. The number of carbonyl (C=O) groups excluding carboxylic acids is 1. The van der Waals surface area contributed by atoms with Crippen molar-refractivity contribution in [3.05, 3.63) is 67.6 Å². The van der Waals surface area contributed by atoms with Crippen LogP contribution in [0.25, 0.3) is 10.4 Å². The lowest BCUT2D eigenvalue weighted by molar-refractivity contribution is -0.144. The number of hydrogen-bond acceptors (Lipinski definition) is 7. The SMILES string of the molecule is CN1C=CCC(C(=O)OCC2OC(n3ccc(=O)[nH]c3=O)CC2N=[N+]=[N-])=C1. The van der Waals surface area contributed by atoms with Crippen LogP contribution in [0, 0.1) is 0 Å². The molecule has 0 saturated carbocycles. The van der Waals surface area contributed by atoms with E-state index in [0.29, 0.717) is 12.0 Å². The van der Waals surface area contributed by atoms with Crippen molar-refractivity contribution in [2.75, 3.05) is 13.7 Å². The second-order valence-corrected chi connectivity index (χ2v) is 6.16. The molecule has 0 aliphatic carbocycles. The third-order valence-electron chi connectivity index (χ3n) is 4.24. The highest BCUT2D eigenvalue weighted by Gasteiger charge is 2.37. The summed E-state index contributed by atoms with van der Waals surface area (Å²) in [5.41, 5.74) is 8.10. The van der Waals surface area contributed by atoms with Gasteiger partial charge in [0.15, 0.2) is 0 Å². The molecule has 142 valence electrons. The summed E-state index contributed by atoms with van der Waals surface area (Å²) in [5.74, 6) is -0.487. The largest absolute Gasteiger partial charge is 0.460 e. The maximum absolute atomic E-state index is 12.2. The molecule has 1 aromatic rings. The molecule has 1 fully saturated rings. The van der Waals surface area contributed by atoms with Crippen LogP contribution in [0.5, 0.6) is 0 Å². The van der Waals surface area contributed by atoms with Gasteiger partial charge in [0.05, 0.1) is 11.6 Å². The molecule has 11 heteroatoms. The van der Waals surface area contributed by atoms with E-state index < -0.39 is 35.6 Å². The standard InChI is InChI=1S/C16H18N6O5/c1-21-5-2-3-10(8-21)15(24)26-9-12-11(19-20-17)7-14(27-12)22-6-4-13(23)18-16(22)25/h2,4-6,8,11-12,14H,3,7,9H2,1H3,(H,18,23,25). The van der Waals surface area contributed by atoms with Crippen LogP contribution in [-0.4, -0.2) is 46.2 Å². The van der Waals surface area contributed by atoms with Crippen LogP contribution in [0.3, 0.4) is 0 Å². The molecule has 3 rings (SSSR count). The second-order valence-electron chi connectivity index (χ2n) is 6.16. The summed E-state index contributed by atoms with van der Waals surface area (Å²) in [6, 6.07) is 0.579. The van der Waals surface area contributed by atoms with Crippen molar-refractivity contribution in [1.29, 1.82) is 0 Å². The minimum absolute atomic E-state index is 0.123. The van der Waals surface area contributed by atoms with E-state index in [-0.39, 0.29) is 13.0 Å². The van der Waals surface area contributed by atoms with Crippen LogP contribution >= 0.6 is 0 Å². The van der Waals surface area contributed by atoms with E-state index in [4.69, 9.17) is 15.0 Å². The number of ether oxygens (including phenoxy) is 2. The molecule has 1 saturated heterocycles. The number of carbonyl (C=O) groups is 1. The van der Waals surface area contributed by atoms with Crippen LogP contribution in [0.2, 0.25) is 0 Å². The van der Waals surface area contributed by atoms with Crippen molar-refractivity contribution in [1.82, 2.24) is 14.5 Å². The van der Waals surface area contributed by atoms with Crippen LogP contribution in [0.1, 0.15) is 19.1 Å². The zero-order valence-corrected chi connectivity index (χ0v) is 14.5. The number of nitrogens with zero attached hydrogens (tertiary/aromatic N) is 5. The molecule has 11 nitrogen and oxygen atoms in total.